The van der Waals surface area contributed by atoms with Crippen LogP contribution in [0.3, 0.4) is 0 Å². The molecule has 4 heteroatoms. The van der Waals surface area contributed by atoms with Crippen LogP contribution >= 0.6 is 0 Å². The lowest BCUT2D eigenvalue weighted by molar-refractivity contribution is -0.141. The number of nitrogens with zero attached hydrogens (tertiary/aromatic N) is 2. The summed E-state index contributed by atoms with van der Waals surface area (Å²) >= 11 is 0. The van der Waals surface area contributed by atoms with Crippen LogP contribution in [0, 0.1) is 0 Å². The number of carbonyl (C=O) groups excluding carboxylic acids is 1. The van der Waals surface area contributed by atoms with Crippen LogP contribution in [0.15, 0.2) is 42.7 Å². The number of para-hydroxylation sites is 1. The van der Waals surface area contributed by atoms with E-state index < -0.39 is 0 Å². The largest absolute Gasteiger partial charge is 0.464 e. The summed E-state index contributed by atoms with van der Waals surface area (Å²) in [6.45, 7) is 2.45. The lowest BCUT2D eigenvalue weighted by Gasteiger charge is -2.07. The third-order valence-corrected chi connectivity index (χ3v) is 3.19. The Labute approximate surface area is 110 Å². The summed E-state index contributed by atoms with van der Waals surface area (Å²) in [5.41, 5.74) is 2.25. The molecule has 0 N–H and O–H groups in total. The third-order valence-electron chi connectivity index (χ3n) is 3.19. The predicted octanol–water partition coefficient (Wildman–Crippen LogP) is 2.75. The summed E-state index contributed by atoms with van der Waals surface area (Å²) in [5.74, 6) is -0.248. The Kier molecular flexibility index (Phi) is 2.91. The van der Waals surface area contributed by atoms with E-state index >= 15 is 0 Å². The minimum atomic E-state index is -0.248. The zero-order valence-electron chi connectivity index (χ0n) is 10.7. The number of fused-ring (bicyclic) bond motifs is 3. The second-order valence-electron chi connectivity index (χ2n) is 4.40. The Hall–Kier alpha value is -2.36. The van der Waals surface area contributed by atoms with Gasteiger partial charge in [0.15, 0.2) is 0 Å². The first-order valence-corrected chi connectivity index (χ1v) is 6.21. The molecule has 3 aromatic rings. The Morgan fingerprint density at radius 1 is 1.21 bits per heavy atom. The lowest BCUT2D eigenvalue weighted by Crippen LogP contribution is -2.08. The minimum Gasteiger partial charge on any atom is -0.464 e. The van der Waals surface area contributed by atoms with E-state index in [0.29, 0.717) is 13.2 Å². The number of carbonyl (C=O) groups is 1. The highest BCUT2D eigenvalue weighted by Crippen LogP contribution is 2.27. The molecular formula is C15H14N2O2. The third kappa shape index (κ3) is 2.05. The predicted molar refractivity (Wildman–Crippen MR) is 73.9 cm³/mol. The molecule has 96 valence electrons. The summed E-state index contributed by atoms with van der Waals surface area (Å²) in [5, 5.41) is 2.30. The maximum atomic E-state index is 10.9. The molecular weight excluding hydrogens is 240 g/mol. The van der Waals surface area contributed by atoms with E-state index in [2.05, 4.69) is 21.7 Å². The van der Waals surface area contributed by atoms with Crippen LogP contribution in [0.25, 0.3) is 21.8 Å². The molecule has 1 aromatic carbocycles. The van der Waals surface area contributed by atoms with Crippen LogP contribution in [-0.4, -0.2) is 22.1 Å². The first kappa shape index (κ1) is 11.7. The standard InChI is InChI=1S/C15H14N2O2/c1-11(18)19-9-8-17-14-5-3-2-4-12(14)13-10-16-7-6-15(13)17/h2-7,10H,8-9H2,1H3. The highest BCUT2D eigenvalue weighted by atomic mass is 16.5. The number of pyridine rings is 1. The van der Waals surface area contributed by atoms with Crippen LogP contribution in [0.5, 0.6) is 0 Å². The maximum absolute atomic E-state index is 10.9. The molecule has 0 saturated heterocycles. The Morgan fingerprint density at radius 3 is 2.84 bits per heavy atom. The molecule has 4 nitrogen and oxygen atoms in total. The van der Waals surface area contributed by atoms with Crippen molar-refractivity contribution < 1.29 is 9.53 Å². The number of hydrogen-bond donors (Lipinski definition) is 0. The van der Waals surface area contributed by atoms with Gasteiger partial charge in [0, 0.05) is 35.6 Å². The number of esters is 1. The summed E-state index contributed by atoms with van der Waals surface area (Å²) in [7, 11) is 0. The molecule has 0 aliphatic rings. The Morgan fingerprint density at radius 2 is 2.00 bits per heavy atom. The average Bonchev–Trinajstić information content (AvgIpc) is 2.74. The van der Waals surface area contributed by atoms with E-state index in [0.717, 1.165) is 16.4 Å². The van der Waals surface area contributed by atoms with Gasteiger partial charge in [-0.15, -0.1) is 0 Å². The fourth-order valence-electron chi connectivity index (χ4n) is 2.42. The van der Waals surface area contributed by atoms with Gasteiger partial charge in [-0.1, -0.05) is 18.2 Å². The number of ether oxygens (including phenoxy) is 1. The average molecular weight is 254 g/mol. The van der Waals surface area contributed by atoms with Crippen LogP contribution < -0.4 is 0 Å². The van der Waals surface area contributed by atoms with Gasteiger partial charge in [0.05, 0.1) is 12.1 Å². The molecule has 0 amide bonds. The van der Waals surface area contributed by atoms with E-state index in [-0.39, 0.29) is 5.97 Å². The summed E-state index contributed by atoms with van der Waals surface area (Å²) in [6, 6.07) is 10.2. The van der Waals surface area contributed by atoms with Crippen LogP contribution in [-0.2, 0) is 16.1 Å². The first-order valence-electron chi connectivity index (χ1n) is 6.21. The molecule has 2 heterocycles. The highest BCUT2D eigenvalue weighted by molar-refractivity contribution is 6.07. The molecule has 0 saturated carbocycles. The SMILES string of the molecule is CC(=O)OCCn1c2ccccc2c2cnccc21. The van der Waals surface area contributed by atoms with Crippen molar-refractivity contribution in [1.82, 2.24) is 9.55 Å². The van der Waals surface area contributed by atoms with Crippen molar-refractivity contribution in [3.8, 4) is 0 Å². The minimum absolute atomic E-state index is 0.248. The number of benzene rings is 1. The van der Waals surface area contributed by atoms with E-state index in [9.17, 15) is 4.79 Å². The molecule has 0 aliphatic heterocycles. The second kappa shape index (κ2) is 4.72. The lowest BCUT2D eigenvalue weighted by atomic mass is 10.2. The fourth-order valence-corrected chi connectivity index (χ4v) is 2.42. The number of hydrogen-bond acceptors (Lipinski definition) is 3. The zero-order chi connectivity index (χ0) is 13.2. The molecule has 3 rings (SSSR count). The van der Waals surface area contributed by atoms with Gasteiger partial charge in [-0.2, -0.15) is 0 Å². The normalized spacial score (nSPS) is 11.0. The van der Waals surface area contributed by atoms with E-state index in [1.54, 1.807) is 6.20 Å². The van der Waals surface area contributed by atoms with Crippen molar-refractivity contribution in [3.05, 3.63) is 42.7 Å². The maximum Gasteiger partial charge on any atom is 0.302 e. The molecule has 2 aromatic heterocycles. The van der Waals surface area contributed by atoms with Crippen molar-refractivity contribution in [1.29, 1.82) is 0 Å². The molecule has 0 spiro atoms. The summed E-state index contributed by atoms with van der Waals surface area (Å²) in [6.07, 6.45) is 3.66. The van der Waals surface area contributed by atoms with Crippen molar-refractivity contribution in [2.75, 3.05) is 6.61 Å². The first-order chi connectivity index (χ1) is 9.27. The quantitative estimate of drug-likeness (QED) is 0.675. The number of aromatic nitrogens is 2. The monoisotopic (exact) mass is 254 g/mol. The molecule has 0 atom stereocenters. The van der Waals surface area contributed by atoms with Gasteiger partial charge in [0.25, 0.3) is 0 Å². The fraction of sp³-hybridized carbons (Fsp3) is 0.200. The van der Waals surface area contributed by atoms with Crippen LogP contribution in [0.2, 0.25) is 0 Å². The van der Waals surface area contributed by atoms with Crippen LogP contribution in [0.4, 0.5) is 0 Å². The molecule has 0 fully saturated rings. The molecule has 0 radical (unpaired) electrons. The van der Waals surface area contributed by atoms with Gasteiger partial charge < -0.3 is 9.30 Å². The van der Waals surface area contributed by atoms with Gasteiger partial charge >= 0.3 is 5.97 Å². The van der Waals surface area contributed by atoms with Crippen molar-refractivity contribution in [2.24, 2.45) is 0 Å². The zero-order valence-corrected chi connectivity index (χ0v) is 10.7. The molecule has 0 unspecified atom stereocenters. The van der Waals surface area contributed by atoms with E-state index in [1.807, 2.05) is 24.4 Å². The van der Waals surface area contributed by atoms with Gasteiger partial charge in [0.2, 0.25) is 0 Å². The van der Waals surface area contributed by atoms with Crippen molar-refractivity contribution >= 4 is 27.8 Å². The second-order valence-corrected chi connectivity index (χ2v) is 4.40. The Balaban J connectivity index is 2.11. The topological polar surface area (TPSA) is 44.1 Å². The molecule has 0 bridgehead atoms. The molecule has 19 heavy (non-hydrogen) atoms. The van der Waals surface area contributed by atoms with Crippen LogP contribution in [0.1, 0.15) is 6.92 Å². The highest BCUT2D eigenvalue weighted by Gasteiger charge is 2.09. The van der Waals surface area contributed by atoms with Gasteiger partial charge in [-0.3, -0.25) is 9.78 Å². The summed E-state index contributed by atoms with van der Waals surface area (Å²) in [4.78, 5) is 15.0. The number of rotatable bonds is 3. The van der Waals surface area contributed by atoms with Gasteiger partial charge in [-0.25, -0.2) is 0 Å². The molecule has 0 aliphatic carbocycles. The van der Waals surface area contributed by atoms with E-state index in [4.69, 9.17) is 4.74 Å². The van der Waals surface area contributed by atoms with Gasteiger partial charge in [0.1, 0.15) is 6.61 Å². The van der Waals surface area contributed by atoms with Gasteiger partial charge in [-0.05, 0) is 12.1 Å². The Bertz CT molecular complexity index is 693. The summed E-state index contributed by atoms with van der Waals surface area (Å²) < 4.78 is 7.20. The van der Waals surface area contributed by atoms with Crippen molar-refractivity contribution in [2.45, 2.75) is 13.5 Å². The van der Waals surface area contributed by atoms with Crippen molar-refractivity contribution in [3.63, 3.8) is 0 Å². The van der Waals surface area contributed by atoms with E-state index in [1.165, 1.54) is 12.3 Å². The smallest absolute Gasteiger partial charge is 0.302 e.